The number of halogens is 2. The minimum atomic E-state index is -0.546. The van der Waals surface area contributed by atoms with Gasteiger partial charge in [-0.25, -0.2) is 0 Å². The highest BCUT2D eigenvalue weighted by Crippen LogP contribution is 2.35. The van der Waals surface area contributed by atoms with Gasteiger partial charge in [-0.05, 0) is 34.1 Å². The van der Waals surface area contributed by atoms with E-state index in [1.54, 1.807) is 18.2 Å². The smallest absolute Gasteiger partial charge is 0.271 e. The molecule has 0 aliphatic carbocycles. The molecule has 21 heavy (non-hydrogen) atoms. The summed E-state index contributed by atoms with van der Waals surface area (Å²) >= 11 is 9.26. The molecule has 0 aromatic heterocycles. The zero-order valence-corrected chi connectivity index (χ0v) is 12.8. The number of amidine groups is 1. The Kier molecular flexibility index (Phi) is 4.44. The molecular weight excluding hydrogens is 362 g/mol. The monoisotopic (exact) mass is 369 g/mol. The largest absolute Gasteiger partial charge is 0.455 e. The van der Waals surface area contributed by atoms with Crippen LogP contribution in [0, 0.1) is 15.5 Å². The number of nitro benzene ring substituents is 1. The van der Waals surface area contributed by atoms with E-state index >= 15 is 0 Å². The second kappa shape index (κ2) is 6.11. The third kappa shape index (κ3) is 3.32. The molecule has 0 aliphatic heterocycles. The van der Waals surface area contributed by atoms with Crippen LogP contribution in [0.25, 0.3) is 0 Å². The van der Waals surface area contributed by atoms with E-state index in [0.717, 1.165) is 0 Å². The van der Waals surface area contributed by atoms with E-state index in [9.17, 15) is 10.1 Å². The standard InChI is InChI=1S/C13H9BrClN3O3/c14-8-2-1-3-11(12(8)13(16)17)21-10-5-4-7(18(19)20)6-9(10)15/h1-6H,(H3,16,17). The van der Waals surface area contributed by atoms with Crippen LogP contribution in [-0.2, 0) is 0 Å². The van der Waals surface area contributed by atoms with E-state index in [2.05, 4.69) is 15.9 Å². The van der Waals surface area contributed by atoms with E-state index in [1.807, 2.05) is 0 Å². The number of hydrogen-bond acceptors (Lipinski definition) is 4. The van der Waals surface area contributed by atoms with Gasteiger partial charge in [0.2, 0.25) is 0 Å². The maximum atomic E-state index is 10.7. The average molecular weight is 371 g/mol. The molecule has 0 fully saturated rings. The van der Waals surface area contributed by atoms with Crippen molar-refractivity contribution in [1.82, 2.24) is 0 Å². The van der Waals surface area contributed by atoms with Crippen LogP contribution in [0.1, 0.15) is 5.56 Å². The number of nitrogens with one attached hydrogen (secondary N) is 1. The minimum Gasteiger partial charge on any atom is -0.455 e. The molecule has 3 N–H and O–H groups in total. The molecule has 2 aromatic carbocycles. The Morgan fingerprint density at radius 3 is 2.62 bits per heavy atom. The predicted octanol–water partition coefficient (Wildman–Crippen LogP) is 4.09. The van der Waals surface area contributed by atoms with E-state index in [0.29, 0.717) is 15.8 Å². The Hall–Kier alpha value is -2.12. The number of non-ortho nitro benzene ring substituents is 1. The maximum absolute atomic E-state index is 10.7. The lowest BCUT2D eigenvalue weighted by Gasteiger charge is -2.12. The summed E-state index contributed by atoms with van der Waals surface area (Å²) in [5.41, 5.74) is 5.77. The van der Waals surface area contributed by atoms with Crippen molar-refractivity contribution in [3.05, 3.63) is 61.6 Å². The molecule has 2 aromatic rings. The van der Waals surface area contributed by atoms with Crippen molar-refractivity contribution in [1.29, 1.82) is 5.41 Å². The van der Waals surface area contributed by atoms with Crippen molar-refractivity contribution in [2.45, 2.75) is 0 Å². The topological polar surface area (TPSA) is 102 Å². The summed E-state index contributed by atoms with van der Waals surface area (Å²) in [6, 6.07) is 8.94. The normalized spacial score (nSPS) is 10.2. The van der Waals surface area contributed by atoms with Crippen LogP contribution in [0.2, 0.25) is 5.02 Å². The number of ether oxygens (including phenoxy) is 1. The molecule has 0 bridgehead atoms. The first kappa shape index (κ1) is 15.3. The average Bonchev–Trinajstić information content (AvgIpc) is 2.40. The fourth-order valence-electron chi connectivity index (χ4n) is 1.66. The molecule has 0 aliphatic rings. The van der Waals surface area contributed by atoms with Crippen molar-refractivity contribution < 1.29 is 9.66 Å². The summed E-state index contributed by atoms with van der Waals surface area (Å²) in [5.74, 6) is 0.394. The fraction of sp³-hybridized carbons (Fsp3) is 0. The molecule has 8 heteroatoms. The van der Waals surface area contributed by atoms with Gasteiger partial charge in [0.1, 0.15) is 17.3 Å². The molecule has 0 heterocycles. The molecule has 108 valence electrons. The van der Waals surface area contributed by atoms with Crippen LogP contribution >= 0.6 is 27.5 Å². The van der Waals surface area contributed by atoms with Gasteiger partial charge < -0.3 is 10.5 Å². The van der Waals surface area contributed by atoms with Crippen LogP contribution in [0.15, 0.2) is 40.9 Å². The first-order chi connectivity index (χ1) is 9.90. The molecule has 0 saturated heterocycles. The molecule has 0 atom stereocenters. The minimum absolute atomic E-state index is 0.0960. The van der Waals surface area contributed by atoms with Gasteiger partial charge in [-0.15, -0.1) is 0 Å². The van der Waals surface area contributed by atoms with Crippen molar-refractivity contribution in [2.24, 2.45) is 5.73 Å². The number of nitrogen functional groups attached to an aromatic ring is 1. The number of nitrogens with zero attached hydrogens (tertiary/aromatic N) is 1. The number of rotatable bonds is 4. The highest BCUT2D eigenvalue weighted by Gasteiger charge is 2.15. The molecule has 0 saturated carbocycles. The second-order valence-corrected chi connectivity index (χ2v) is 5.26. The summed E-state index contributed by atoms with van der Waals surface area (Å²) in [5, 5.41) is 18.3. The number of hydrogen-bond donors (Lipinski definition) is 2. The quantitative estimate of drug-likeness (QED) is 0.366. The van der Waals surface area contributed by atoms with Gasteiger partial charge in [-0.3, -0.25) is 15.5 Å². The van der Waals surface area contributed by atoms with Gasteiger partial charge in [0.05, 0.1) is 15.5 Å². The molecule has 0 amide bonds. The molecular formula is C13H9BrClN3O3. The first-order valence-electron chi connectivity index (χ1n) is 5.65. The van der Waals surface area contributed by atoms with Crippen molar-refractivity contribution in [3.8, 4) is 11.5 Å². The third-order valence-corrected chi connectivity index (χ3v) is 3.55. The van der Waals surface area contributed by atoms with Crippen molar-refractivity contribution in [2.75, 3.05) is 0 Å². The summed E-state index contributed by atoms with van der Waals surface area (Å²) in [4.78, 5) is 10.1. The van der Waals surface area contributed by atoms with Crippen LogP contribution in [0.5, 0.6) is 11.5 Å². The van der Waals surface area contributed by atoms with E-state index < -0.39 is 4.92 Å². The van der Waals surface area contributed by atoms with Gasteiger partial charge in [0.25, 0.3) is 5.69 Å². The summed E-state index contributed by atoms with van der Waals surface area (Å²) in [7, 11) is 0. The Labute approximate surface area is 133 Å². The second-order valence-electron chi connectivity index (χ2n) is 4.00. The van der Waals surface area contributed by atoms with Gasteiger partial charge in [-0.2, -0.15) is 0 Å². The number of nitro groups is 1. The molecule has 2 rings (SSSR count). The van der Waals surface area contributed by atoms with E-state index in [4.69, 9.17) is 27.5 Å². The van der Waals surface area contributed by atoms with Gasteiger partial charge in [0, 0.05) is 16.6 Å². The van der Waals surface area contributed by atoms with Gasteiger partial charge in [0.15, 0.2) is 0 Å². The molecule has 0 spiro atoms. The fourth-order valence-corrected chi connectivity index (χ4v) is 2.43. The third-order valence-electron chi connectivity index (χ3n) is 2.59. The van der Waals surface area contributed by atoms with Crippen LogP contribution in [0.4, 0.5) is 5.69 Å². The van der Waals surface area contributed by atoms with Crippen molar-refractivity contribution in [3.63, 3.8) is 0 Å². The van der Waals surface area contributed by atoms with Crippen LogP contribution in [0.3, 0.4) is 0 Å². The lowest BCUT2D eigenvalue weighted by molar-refractivity contribution is -0.384. The number of nitrogens with two attached hydrogens (primary N) is 1. The summed E-state index contributed by atoms with van der Waals surface area (Å²) < 4.78 is 6.21. The zero-order chi connectivity index (χ0) is 15.6. The zero-order valence-electron chi connectivity index (χ0n) is 10.5. The summed E-state index contributed by atoms with van der Waals surface area (Å²) in [6.45, 7) is 0. The van der Waals surface area contributed by atoms with E-state index in [-0.39, 0.29) is 22.3 Å². The Morgan fingerprint density at radius 1 is 1.33 bits per heavy atom. The Balaban J connectivity index is 2.42. The highest BCUT2D eigenvalue weighted by molar-refractivity contribution is 9.10. The molecule has 0 radical (unpaired) electrons. The Bertz CT molecular complexity index is 737. The van der Waals surface area contributed by atoms with Crippen molar-refractivity contribution >= 4 is 39.1 Å². The molecule has 0 unspecified atom stereocenters. The highest BCUT2D eigenvalue weighted by atomic mass is 79.9. The predicted molar refractivity (Wildman–Crippen MR) is 83.3 cm³/mol. The SMILES string of the molecule is N=C(N)c1c(Br)cccc1Oc1ccc([N+](=O)[O-])cc1Cl. The maximum Gasteiger partial charge on any atom is 0.271 e. The van der Waals surface area contributed by atoms with Crippen LogP contribution in [-0.4, -0.2) is 10.8 Å². The molecule has 6 nitrogen and oxygen atoms in total. The lowest BCUT2D eigenvalue weighted by Crippen LogP contribution is -2.13. The number of benzene rings is 2. The Morgan fingerprint density at radius 2 is 2.05 bits per heavy atom. The van der Waals surface area contributed by atoms with E-state index in [1.165, 1.54) is 18.2 Å². The lowest BCUT2D eigenvalue weighted by atomic mass is 10.2. The van der Waals surface area contributed by atoms with Crippen LogP contribution < -0.4 is 10.5 Å². The van der Waals surface area contributed by atoms with Gasteiger partial charge >= 0.3 is 0 Å². The summed E-state index contributed by atoms with van der Waals surface area (Å²) in [6.07, 6.45) is 0. The first-order valence-corrected chi connectivity index (χ1v) is 6.82. The van der Waals surface area contributed by atoms with Gasteiger partial charge in [-0.1, -0.05) is 17.7 Å².